The molecule has 1 aliphatic rings. The van der Waals surface area contributed by atoms with Gasteiger partial charge >= 0.3 is 0 Å². The monoisotopic (exact) mass is 335 g/mol. The Morgan fingerprint density at radius 1 is 1.35 bits per heavy atom. The van der Waals surface area contributed by atoms with Crippen molar-refractivity contribution in [2.75, 3.05) is 11.4 Å². The van der Waals surface area contributed by atoms with Crippen molar-refractivity contribution in [3.05, 3.63) is 28.2 Å². The first-order valence-electron chi connectivity index (χ1n) is 7.37. The number of anilines is 1. The second-order valence-electron chi connectivity index (χ2n) is 5.54. The van der Waals surface area contributed by atoms with E-state index in [9.17, 15) is 5.26 Å². The minimum absolute atomic E-state index is 0.354. The Hall–Kier alpha value is -1.05. The number of hydrogen-bond donors (Lipinski definition) is 1. The van der Waals surface area contributed by atoms with Crippen LogP contribution in [0.1, 0.15) is 44.6 Å². The quantitative estimate of drug-likeness (QED) is 0.910. The van der Waals surface area contributed by atoms with Gasteiger partial charge < -0.3 is 10.6 Å². The summed E-state index contributed by atoms with van der Waals surface area (Å²) in [6.45, 7) is 3.18. The molecule has 2 N–H and O–H groups in total. The van der Waals surface area contributed by atoms with E-state index in [1.54, 1.807) is 0 Å². The van der Waals surface area contributed by atoms with Crippen LogP contribution in [0.5, 0.6) is 0 Å². The molecular weight excluding hydrogens is 314 g/mol. The minimum atomic E-state index is 0.354. The van der Waals surface area contributed by atoms with Gasteiger partial charge in [-0.3, -0.25) is 0 Å². The molecule has 0 aliphatic heterocycles. The summed E-state index contributed by atoms with van der Waals surface area (Å²) in [7, 11) is 0. The zero-order chi connectivity index (χ0) is 14.5. The molecule has 1 fully saturated rings. The van der Waals surface area contributed by atoms with E-state index in [1.165, 1.54) is 0 Å². The van der Waals surface area contributed by atoms with E-state index in [-0.39, 0.29) is 0 Å². The van der Waals surface area contributed by atoms with E-state index in [0.29, 0.717) is 12.1 Å². The number of nitrogens with two attached hydrogens (primary N) is 1. The first kappa shape index (κ1) is 15.3. The highest BCUT2D eigenvalue weighted by atomic mass is 79.9. The van der Waals surface area contributed by atoms with Crippen molar-refractivity contribution >= 4 is 21.6 Å². The molecule has 0 heterocycles. The van der Waals surface area contributed by atoms with Crippen LogP contribution in [0.4, 0.5) is 5.69 Å². The summed E-state index contributed by atoms with van der Waals surface area (Å²) in [6, 6.07) is 9.09. The van der Waals surface area contributed by atoms with Crippen LogP contribution < -0.4 is 10.6 Å². The van der Waals surface area contributed by atoms with Crippen LogP contribution in [0.3, 0.4) is 0 Å². The molecule has 20 heavy (non-hydrogen) atoms. The third-order valence-electron chi connectivity index (χ3n) is 4.04. The summed E-state index contributed by atoms with van der Waals surface area (Å²) >= 11 is 3.52. The Labute approximate surface area is 129 Å². The average molecular weight is 336 g/mol. The van der Waals surface area contributed by atoms with Gasteiger partial charge in [-0.1, -0.05) is 22.9 Å². The van der Waals surface area contributed by atoms with Crippen LogP contribution in [-0.2, 0) is 0 Å². The third kappa shape index (κ3) is 3.53. The van der Waals surface area contributed by atoms with Crippen LogP contribution in [0.2, 0.25) is 0 Å². The number of hydrogen-bond acceptors (Lipinski definition) is 3. The Kier molecular flexibility index (Phi) is 5.45. The highest BCUT2D eigenvalue weighted by Crippen LogP contribution is 2.31. The van der Waals surface area contributed by atoms with Crippen LogP contribution >= 0.6 is 15.9 Å². The van der Waals surface area contributed by atoms with Crippen molar-refractivity contribution in [1.82, 2.24) is 0 Å². The van der Waals surface area contributed by atoms with Gasteiger partial charge in [-0.05, 0) is 50.3 Å². The van der Waals surface area contributed by atoms with Crippen LogP contribution in [0.25, 0.3) is 0 Å². The lowest BCUT2D eigenvalue weighted by Gasteiger charge is -2.38. The maximum Gasteiger partial charge on any atom is 0.101 e. The van der Waals surface area contributed by atoms with Crippen molar-refractivity contribution in [2.45, 2.75) is 51.1 Å². The van der Waals surface area contributed by atoms with Crippen LogP contribution in [0, 0.1) is 11.3 Å². The maximum atomic E-state index is 9.35. The summed E-state index contributed by atoms with van der Waals surface area (Å²) in [6.07, 6.45) is 5.50. The first-order valence-corrected chi connectivity index (χ1v) is 8.17. The van der Waals surface area contributed by atoms with E-state index in [1.807, 2.05) is 12.1 Å². The summed E-state index contributed by atoms with van der Waals surface area (Å²) in [5.41, 5.74) is 7.83. The van der Waals surface area contributed by atoms with Gasteiger partial charge in [-0.25, -0.2) is 0 Å². The van der Waals surface area contributed by atoms with Crippen molar-refractivity contribution in [3.8, 4) is 6.07 Å². The van der Waals surface area contributed by atoms with Gasteiger partial charge in [0, 0.05) is 23.1 Å². The van der Waals surface area contributed by atoms with Gasteiger partial charge in [0.25, 0.3) is 0 Å². The first-order chi connectivity index (χ1) is 9.65. The lowest BCUT2D eigenvalue weighted by molar-refractivity contribution is 0.375. The van der Waals surface area contributed by atoms with Crippen molar-refractivity contribution in [2.24, 2.45) is 5.73 Å². The van der Waals surface area contributed by atoms with Gasteiger partial charge in [-0.15, -0.1) is 0 Å². The molecule has 1 saturated carbocycles. The SMILES string of the molecule is CCCN(c1cc(Br)ccc1C#N)C1CCC(N)CC1. The minimum Gasteiger partial charge on any atom is -0.367 e. The molecule has 0 spiro atoms. The molecule has 0 aromatic heterocycles. The van der Waals surface area contributed by atoms with E-state index < -0.39 is 0 Å². The highest BCUT2D eigenvalue weighted by Gasteiger charge is 2.25. The molecule has 0 radical (unpaired) electrons. The van der Waals surface area contributed by atoms with Gasteiger partial charge in [0.15, 0.2) is 0 Å². The predicted octanol–water partition coefficient (Wildman–Crippen LogP) is 3.81. The van der Waals surface area contributed by atoms with E-state index in [0.717, 1.165) is 54.4 Å². The third-order valence-corrected chi connectivity index (χ3v) is 4.53. The second-order valence-corrected chi connectivity index (χ2v) is 6.45. The zero-order valence-electron chi connectivity index (χ0n) is 12.0. The molecule has 0 unspecified atom stereocenters. The van der Waals surface area contributed by atoms with Crippen LogP contribution in [-0.4, -0.2) is 18.6 Å². The highest BCUT2D eigenvalue weighted by molar-refractivity contribution is 9.10. The fourth-order valence-corrected chi connectivity index (χ4v) is 3.34. The largest absolute Gasteiger partial charge is 0.367 e. The smallest absolute Gasteiger partial charge is 0.101 e. The molecule has 108 valence electrons. The topological polar surface area (TPSA) is 53.0 Å². The van der Waals surface area contributed by atoms with Gasteiger partial charge in [0.2, 0.25) is 0 Å². The Morgan fingerprint density at radius 2 is 2.05 bits per heavy atom. The lowest BCUT2D eigenvalue weighted by atomic mass is 9.90. The number of halogens is 1. The molecule has 0 amide bonds. The molecule has 0 saturated heterocycles. The van der Waals surface area contributed by atoms with Gasteiger partial charge in [0.1, 0.15) is 6.07 Å². The van der Waals surface area contributed by atoms with Gasteiger partial charge in [-0.2, -0.15) is 5.26 Å². The van der Waals surface area contributed by atoms with Crippen LogP contribution in [0.15, 0.2) is 22.7 Å². The Balaban J connectivity index is 2.28. The number of nitriles is 1. The Bertz CT molecular complexity index is 487. The summed E-state index contributed by atoms with van der Waals surface area (Å²) in [4.78, 5) is 2.41. The molecule has 4 heteroatoms. The summed E-state index contributed by atoms with van der Waals surface area (Å²) in [5, 5.41) is 9.35. The van der Waals surface area contributed by atoms with Gasteiger partial charge in [0.05, 0.1) is 11.3 Å². The molecule has 0 atom stereocenters. The summed E-state index contributed by atoms with van der Waals surface area (Å²) in [5.74, 6) is 0. The van der Waals surface area contributed by atoms with Crippen molar-refractivity contribution in [1.29, 1.82) is 5.26 Å². The fraction of sp³-hybridized carbons (Fsp3) is 0.562. The lowest BCUT2D eigenvalue weighted by Crippen LogP contribution is -2.41. The van der Waals surface area contributed by atoms with Crippen molar-refractivity contribution < 1.29 is 0 Å². The summed E-state index contributed by atoms with van der Waals surface area (Å²) < 4.78 is 1.03. The molecule has 1 aromatic carbocycles. The number of rotatable bonds is 4. The second kappa shape index (κ2) is 7.10. The van der Waals surface area contributed by atoms with Crippen molar-refractivity contribution in [3.63, 3.8) is 0 Å². The predicted molar refractivity (Wildman–Crippen MR) is 86.7 cm³/mol. The average Bonchev–Trinajstić information content (AvgIpc) is 2.46. The molecule has 1 aliphatic carbocycles. The number of benzene rings is 1. The molecular formula is C16H22BrN3. The number of nitrogens with zero attached hydrogens (tertiary/aromatic N) is 2. The maximum absolute atomic E-state index is 9.35. The molecule has 3 nitrogen and oxygen atoms in total. The zero-order valence-corrected chi connectivity index (χ0v) is 13.6. The molecule has 1 aromatic rings. The molecule has 0 bridgehead atoms. The molecule has 2 rings (SSSR count). The van der Waals surface area contributed by atoms with E-state index in [4.69, 9.17) is 5.73 Å². The normalized spacial score (nSPS) is 22.3. The fourth-order valence-electron chi connectivity index (χ4n) is 2.99. The standard InChI is InChI=1S/C16H22BrN3/c1-2-9-20(15-7-5-14(19)6-8-15)16-10-13(17)4-3-12(16)11-18/h3-4,10,14-15H,2,5-9,19H2,1H3. The Morgan fingerprint density at radius 3 is 2.65 bits per heavy atom. The van der Waals surface area contributed by atoms with E-state index >= 15 is 0 Å². The van der Waals surface area contributed by atoms with E-state index in [2.05, 4.69) is 39.9 Å².